The first kappa shape index (κ1) is 10.5. The summed E-state index contributed by atoms with van der Waals surface area (Å²) in [6.45, 7) is 1.68. The van der Waals surface area contributed by atoms with Gasteiger partial charge in [0.25, 0.3) is 0 Å². The summed E-state index contributed by atoms with van der Waals surface area (Å²) in [6, 6.07) is 6.51. The molecule has 2 N–H and O–H groups in total. The Labute approximate surface area is 79.4 Å². The second kappa shape index (κ2) is 3.67. The monoisotopic (exact) mass is 219 g/mol. The molecule has 1 atom stereocenters. The maximum atomic E-state index is 11.3. The van der Waals surface area contributed by atoms with Gasteiger partial charge >= 0.3 is 9.06 Å². The normalized spacial score (nSPS) is 14.1. The zero-order valence-electron chi connectivity index (χ0n) is 6.93. The molecule has 0 amide bonds. The molecule has 0 heterocycles. The van der Waals surface area contributed by atoms with Crippen molar-refractivity contribution in [1.82, 2.24) is 0 Å². The maximum absolute atomic E-state index is 11.3. The lowest BCUT2D eigenvalue weighted by Gasteiger charge is -2.07. The molecule has 0 spiro atoms. The lowest BCUT2D eigenvalue weighted by molar-refractivity contribution is 0.583. The van der Waals surface area contributed by atoms with Crippen molar-refractivity contribution in [2.45, 2.75) is 11.8 Å². The Kier molecular flexibility index (Phi) is 2.97. The lowest BCUT2D eigenvalue weighted by atomic mass is 10.2. The average Bonchev–Trinajstić information content (AvgIpc) is 2.02. The first-order valence-corrected chi connectivity index (χ1v) is 6.65. The van der Waals surface area contributed by atoms with Crippen LogP contribution in [0.2, 0.25) is 0 Å². The molecule has 1 aromatic carbocycles. The topological polar surface area (TPSA) is 83.2 Å². The second-order valence-electron chi connectivity index (χ2n) is 2.49. The third-order valence-electron chi connectivity index (χ3n) is 1.48. The van der Waals surface area contributed by atoms with Crippen molar-refractivity contribution in [3.05, 3.63) is 29.8 Å². The van der Waals surface area contributed by atoms with Crippen molar-refractivity contribution in [2.24, 2.45) is 5.14 Å². The summed E-state index contributed by atoms with van der Waals surface area (Å²) >= 11 is 0. The van der Waals surface area contributed by atoms with Crippen molar-refractivity contribution in [3.8, 4) is 0 Å². The molecule has 0 aromatic heterocycles. The minimum absolute atomic E-state index is 0.241. The second-order valence-corrected chi connectivity index (χ2v) is 6.69. The Morgan fingerprint density at radius 1 is 1.38 bits per heavy atom. The van der Waals surface area contributed by atoms with Gasteiger partial charge in [0.05, 0.1) is 0 Å². The van der Waals surface area contributed by atoms with E-state index in [9.17, 15) is 13.0 Å². The van der Waals surface area contributed by atoms with E-state index in [0.717, 1.165) is 0 Å². The van der Waals surface area contributed by atoms with Crippen molar-refractivity contribution in [3.63, 3.8) is 0 Å². The van der Waals surface area contributed by atoms with E-state index in [1.807, 2.05) is 0 Å². The number of benzene rings is 1. The summed E-state index contributed by atoms with van der Waals surface area (Å²) < 4.78 is 32.8. The highest BCUT2D eigenvalue weighted by Gasteiger charge is 2.25. The van der Waals surface area contributed by atoms with Gasteiger partial charge in [0.1, 0.15) is 10.2 Å². The van der Waals surface area contributed by atoms with Gasteiger partial charge in [0, 0.05) is 5.56 Å². The first-order valence-electron chi connectivity index (χ1n) is 3.43. The Bertz CT molecular complexity index is 402. The summed E-state index contributed by atoms with van der Waals surface area (Å²) in [5.74, 6) is 0. The van der Waals surface area contributed by atoms with Gasteiger partial charge in [0.15, 0.2) is 4.90 Å². The van der Waals surface area contributed by atoms with E-state index >= 15 is 0 Å². The predicted octanol–water partition coefficient (Wildman–Crippen LogP) is 0.306. The van der Waals surface area contributed by atoms with Crippen LogP contribution in [0.5, 0.6) is 0 Å². The van der Waals surface area contributed by atoms with Gasteiger partial charge in [-0.3, -0.25) is 0 Å². The van der Waals surface area contributed by atoms with Crippen LogP contribution in [0.1, 0.15) is 5.56 Å². The fourth-order valence-corrected chi connectivity index (χ4v) is 2.95. The van der Waals surface area contributed by atoms with Gasteiger partial charge in [-0.05, 0) is 13.0 Å². The maximum Gasteiger partial charge on any atom is 0.386 e. The molecule has 13 heavy (non-hydrogen) atoms. The summed E-state index contributed by atoms with van der Waals surface area (Å²) in [7, 11) is -6.17. The molecule has 0 saturated carbocycles. The third kappa shape index (κ3) is 2.44. The number of rotatable bonds is 2. The summed E-state index contributed by atoms with van der Waals surface area (Å²) in [5.41, 5.74) is 0.648. The molecule has 0 saturated heterocycles. The van der Waals surface area contributed by atoms with E-state index in [4.69, 9.17) is 5.14 Å². The van der Waals surface area contributed by atoms with Crippen LogP contribution in [0.15, 0.2) is 29.2 Å². The van der Waals surface area contributed by atoms with Gasteiger partial charge < -0.3 is 4.55 Å². The van der Waals surface area contributed by atoms with Crippen molar-refractivity contribution in [2.75, 3.05) is 0 Å². The van der Waals surface area contributed by atoms with E-state index in [1.165, 1.54) is 6.07 Å². The molecule has 0 radical (unpaired) electrons. The fraction of sp³-hybridized carbons (Fsp3) is 0.143. The van der Waals surface area contributed by atoms with Crippen LogP contribution >= 0.6 is 0 Å². The molecular formula is C7H9NO3S2. The Hall–Kier alpha value is -0.560. The Morgan fingerprint density at radius 3 is 2.38 bits per heavy atom. The van der Waals surface area contributed by atoms with Gasteiger partial charge in [-0.15, -0.1) is 0 Å². The van der Waals surface area contributed by atoms with E-state index in [-0.39, 0.29) is 4.90 Å². The van der Waals surface area contributed by atoms with Gasteiger partial charge in [-0.1, -0.05) is 18.2 Å². The highest BCUT2D eigenvalue weighted by Crippen LogP contribution is 2.18. The number of aryl methyl sites for hydroxylation is 1. The fourth-order valence-electron chi connectivity index (χ4n) is 0.869. The SMILES string of the molecule is Cc1ccccc1[S+]([O-])S(N)(=O)=O. The van der Waals surface area contributed by atoms with Gasteiger partial charge in [-0.2, -0.15) is 13.6 Å². The molecule has 0 aliphatic heterocycles. The highest BCUT2D eigenvalue weighted by atomic mass is 33.2. The Morgan fingerprint density at radius 2 is 1.92 bits per heavy atom. The number of hydrogen-bond acceptors (Lipinski definition) is 3. The quantitative estimate of drug-likeness (QED) is 0.574. The molecule has 1 unspecified atom stereocenters. The van der Waals surface area contributed by atoms with Gasteiger partial charge in [-0.25, -0.2) is 0 Å². The van der Waals surface area contributed by atoms with Crippen LogP contribution in [0.3, 0.4) is 0 Å². The molecule has 0 fully saturated rings. The van der Waals surface area contributed by atoms with Crippen molar-refractivity contribution < 1.29 is 13.0 Å². The van der Waals surface area contributed by atoms with Crippen LogP contribution in [0.4, 0.5) is 0 Å². The standard InChI is InChI=1S/C7H9NO3S2/c1-6-4-2-3-5-7(6)12(9)13(8,10)11/h2-5H,1H3,(H2,8,10,11). The van der Waals surface area contributed by atoms with Crippen LogP contribution in [0, 0.1) is 6.92 Å². The molecule has 4 nitrogen and oxygen atoms in total. The van der Waals surface area contributed by atoms with Crippen LogP contribution in [0.25, 0.3) is 0 Å². The summed E-state index contributed by atoms with van der Waals surface area (Å²) in [5, 5.41) is 4.75. The molecule has 0 bridgehead atoms. The lowest BCUT2D eigenvalue weighted by Crippen LogP contribution is -2.24. The Balaban J connectivity index is 3.17. The molecule has 72 valence electrons. The minimum Gasteiger partial charge on any atom is -0.595 e. The molecule has 0 aliphatic rings. The molecule has 6 heteroatoms. The van der Waals surface area contributed by atoms with Crippen molar-refractivity contribution in [1.29, 1.82) is 0 Å². The third-order valence-corrected chi connectivity index (χ3v) is 4.53. The smallest absolute Gasteiger partial charge is 0.386 e. The van der Waals surface area contributed by atoms with E-state index in [1.54, 1.807) is 25.1 Å². The number of nitrogens with two attached hydrogens (primary N) is 1. The molecule has 1 aromatic rings. The zero-order chi connectivity index (χ0) is 10.1. The molecule has 0 aliphatic carbocycles. The van der Waals surface area contributed by atoms with E-state index in [0.29, 0.717) is 5.56 Å². The van der Waals surface area contributed by atoms with Gasteiger partial charge in [0.2, 0.25) is 0 Å². The highest BCUT2D eigenvalue weighted by molar-refractivity contribution is 8.66. The molecule has 1 rings (SSSR count). The molecular weight excluding hydrogens is 210 g/mol. The minimum atomic E-state index is -4.01. The number of hydrogen-bond donors (Lipinski definition) is 1. The van der Waals surface area contributed by atoms with E-state index in [2.05, 4.69) is 0 Å². The van der Waals surface area contributed by atoms with Crippen LogP contribution in [-0.2, 0) is 19.3 Å². The van der Waals surface area contributed by atoms with Crippen molar-refractivity contribution >= 4 is 19.3 Å². The van der Waals surface area contributed by atoms with Crippen LogP contribution in [-0.4, -0.2) is 13.0 Å². The summed E-state index contributed by atoms with van der Waals surface area (Å²) in [4.78, 5) is 0.241. The summed E-state index contributed by atoms with van der Waals surface area (Å²) in [6.07, 6.45) is 0. The van der Waals surface area contributed by atoms with E-state index < -0.39 is 19.3 Å². The largest absolute Gasteiger partial charge is 0.595 e. The zero-order valence-corrected chi connectivity index (χ0v) is 8.56. The predicted molar refractivity (Wildman–Crippen MR) is 50.7 cm³/mol. The average molecular weight is 219 g/mol. The van der Waals surface area contributed by atoms with Crippen LogP contribution < -0.4 is 5.14 Å². The first-order chi connectivity index (χ1) is 5.93.